The van der Waals surface area contributed by atoms with E-state index in [0.29, 0.717) is 32.3 Å². The molecule has 1 aromatic carbocycles. The zero-order valence-electron chi connectivity index (χ0n) is 11.6. The third-order valence-corrected chi connectivity index (χ3v) is 7.34. The second kappa shape index (κ2) is 4.83. The monoisotopic (exact) mass is 296 g/mol. The number of fused-ring (bicyclic) bond motifs is 2. The van der Waals surface area contributed by atoms with Crippen LogP contribution in [0.4, 0.5) is 0 Å². The van der Waals surface area contributed by atoms with Crippen LogP contribution in [-0.2, 0) is 26.8 Å². The summed E-state index contributed by atoms with van der Waals surface area (Å²) in [6.07, 6.45) is 2.04. The van der Waals surface area contributed by atoms with E-state index in [1.165, 1.54) is 0 Å². The highest BCUT2D eigenvalue weighted by atomic mass is 32.2. The molecule has 2 fully saturated rings. The highest BCUT2D eigenvalue weighted by Gasteiger charge is 2.53. The van der Waals surface area contributed by atoms with Gasteiger partial charge in [-0.2, -0.15) is 0 Å². The molecule has 1 aromatic rings. The van der Waals surface area contributed by atoms with Crippen LogP contribution in [0.2, 0.25) is 0 Å². The van der Waals surface area contributed by atoms with Crippen molar-refractivity contribution < 1.29 is 18.3 Å². The third kappa shape index (κ3) is 2.18. The van der Waals surface area contributed by atoms with Crippen molar-refractivity contribution in [2.24, 2.45) is 0 Å². The summed E-state index contributed by atoms with van der Waals surface area (Å²) in [6.45, 7) is 0.540. The quantitative estimate of drug-likeness (QED) is 0.923. The van der Waals surface area contributed by atoms with Crippen molar-refractivity contribution in [3.8, 4) is 0 Å². The Morgan fingerprint density at radius 1 is 1.20 bits per heavy atom. The average Bonchev–Trinajstić information content (AvgIpc) is 2.60. The van der Waals surface area contributed by atoms with Gasteiger partial charge in [0.25, 0.3) is 0 Å². The maximum atomic E-state index is 12.1. The maximum absolute atomic E-state index is 12.1. The standard InChI is InChI=1S/C15H20O4S/c1-19-10-11-2-4-12(5-3-11)15(16)8-13-6-7-14(9-15)20(13,17)18/h2-5,13-14,16H,6-10H2,1H3. The van der Waals surface area contributed by atoms with Crippen molar-refractivity contribution in [2.45, 2.75) is 48.4 Å². The van der Waals surface area contributed by atoms with Crippen molar-refractivity contribution in [3.63, 3.8) is 0 Å². The molecule has 1 N–H and O–H groups in total. The van der Waals surface area contributed by atoms with Crippen LogP contribution >= 0.6 is 0 Å². The molecule has 110 valence electrons. The molecule has 0 aliphatic carbocycles. The second-order valence-electron chi connectivity index (χ2n) is 5.98. The maximum Gasteiger partial charge on any atom is 0.156 e. The van der Waals surface area contributed by atoms with Gasteiger partial charge in [0, 0.05) is 7.11 Å². The van der Waals surface area contributed by atoms with Gasteiger partial charge in [0.05, 0.1) is 22.7 Å². The fourth-order valence-corrected chi connectivity index (χ4v) is 6.05. The van der Waals surface area contributed by atoms with E-state index in [1.807, 2.05) is 24.3 Å². The molecule has 4 nitrogen and oxygen atoms in total. The van der Waals surface area contributed by atoms with Gasteiger partial charge in [0.2, 0.25) is 0 Å². The van der Waals surface area contributed by atoms with Crippen molar-refractivity contribution in [2.75, 3.05) is 7.11 Å². The van der Waals surface area contributed by atoms with Gasteiger partial charge in [-0.25, -0.2) is 8.42 Å². The molecule has 2 bridgehead atoms. The summed E-state index contributed by atoms with van der Waals surface area (Å²) in [5.41, 5.74) is 0.873. The molecule has 2 aliphatic rings. The summed E-state index contributed by atoms with van der Waals surface area (Å²) in [6, 6.07) is 7.65. The Morgan fingerprint density at radius 3 is 2.25 bits per heavy atom. The fourth-order valence-electron chi connectivity index (χ4n) is 3.56. The first-order valence-corrected chi connectivity index (χ1v) is 8.60. The molecule has 0 spiro atoms. The van der Waals surface area contributed by atoms with E-state index >= 15 is 0 Å². The first kappa shape index (κ1) is 14.0. The molecule has 2 unspecified atom stereocenters. The van der Waals surface area contributed by atoms with Crippen molar-refractivity contribution in [3.05, 3.63) is 35.4 Å². The molecule has 5 heteroatoms. The van der Waals surface area contributed by atoms with Gasteiger partial charge in [-0.05, 0) is 36.8 Å². The SMILES string of the molecule is COCc1ccc(C2(O)CC3CCC(C2)S3(=O)=O)cc1. The summed E-state index contributed by atoms with van der Waals surface area (Å²) in [7, 11) is -1.36. The number of aliphatic hydroxyl groups is 1. The number of hydrogen-bond donors (Lipinski definition) is 1. The van der Waals surface area contributed by atoms with Gasteiger partial charge in [0.1, 0.15) is 0 Å². The van der Waals surface area contributed by atoms with E-state index < -0.39 is 15.4 Å². The van der Waals surface area contributed by atoms with Gasteiger partial charge in [0.15, 0.2) is 9.84 Å². The summed E-state index contributed by atoms with van der Waals surface area (Å²) < 4.78 is 29.3. The van der Waals surface area contributed by atoms with E-state index in [-0.39, 0.29) is 10.5 Å². The number of rotatable bonds is 3. The predicted octanol–water partition coefficient (Wildman–Crippen LogP) is 1.76. The lowest BCUT2D eigenvalue weighted by Gasteiger charge is -2.36. The number of hydrogen-bond acceptors (Lipinski definition) is 4. The van der Waals surface area contributed by atoms with Gasteiger partial charge in [-0.15, -0.1) is 0 Å². The molecule has 0 saturated carbocycles. The zero-order valence-corrected chi connectivity index (χ0v) is 12.4. The Bertz CT molecular complexity index is 571. The van der Waals surface area contributed by atoms with Crippen molar-refractivity contribution in [1.82, 2.24) is 0 Å². The lowest BCUT2D eigenvalue weighted by molar-refractivity contribution is 0.0173. The Kier molecular flexibility index (Phi) is 3.39. The number of methoxy groups -OCH3 is 1. The van der Waals surface area contributed by atoms with E-state index in [1.54, 1.807) is 7.11 Å². The van der Waals surface area contributed by atoms with Crippen LogP contribution in [0.25, 0.3) is 0 Å². The molecule has 2 heterocycles. The normalized spacial score (nSPS) is 35.1. The number of benzene rings is 1. The van der Waals surface area contributed by atoms with Gasteiger partial charge < -0.3 is 9.84 Å². The first-order chi connectivity index (χ1) is 9.45. The Hall–Kier alpha value is -0.910. The second-order valence-corrected chi connectivity index (χ2v) is 8.49. The number of sulfone groups is 1. The molecule has 2 aliphatic heterocycles. The van der Waals surface area contributed by atoms with E-state index in [9.17, 15) is 13.5 Å². The lowest BCUT2D eigenvalue weighted by Crippen LogP contribution is -2.43. The minimum absolute atomic E-state index is 0.329. The lowest BCUT2D eigenvalue weighted by atomic mass is 9.85. The van der Waals surface area contributed by atoms with Gasteiger partial charge in [-0.3, -0.25) is 0 Å². The predicted molar refractivity (Wildman–Crippen MR) is 76.0 cm³/mol. The molecule has 0 radical (unpaired) electrons. The summed E-state index contributed by atoms with van der Waals surface area (Å²) in [5.74, 6) is 0. The zero-order chi connectivity index (χ0) is 14.4. The van der Waals surface area contributed by atoms with Crippen molar-refractivity contribution in [1.29, 1.82) is 0 Å². The highest BCUT2D eigenvalue weighted by molar-refractivity contribution is 7.93. The van der Waals surface area contributed by atoms with Crippen LogP contribution in [0.1, 0.15) is 36.8 Å². The molecule has 0 aromatic heterocycles. The highest BCUT2D eigenvalue weighted by Crippen LogP contribution is 2.47. The van der Waals surface area contributed by atoms with Gasteiger partial charge >= 0.3 is 0 Å². The minimum atomic E-state index is -3.00. The first-order valence-electron chi connectivity index (χ1n) is 6.99. The molecular formula is C15H20O4S. The summed E-state index contributed by atoms with van der Waals surface area (Å²) in [4.78, 5) is 0. The summed E-state index contributed by atoms with van der Waals surface area (Å²) >= 11 is 0. The van der Waals surface area contributed by atoms with E-state index in [0.717, 1.165) is 11.1 Å². The van der Waals surface area contributed by atoms with Crippen LogP contribution in [0, 0.1) is 0 Å². The molecular weight excluding hydrogens is 276 g/mol. The van der Waals surface area contributed by atoms with Crippen LogP contribution in [-0.4, -0.2) is 31.1 Å². The molecule has 0 amide bonds. The molecule has 3 rings (SSSR count). The smallest absolute Gasteiger partial charge is 0.156 e. The molecule has 2 saturated heterocycles. The van der Waals surface area contributed by atoms with Crippen molar-refractivity contribution >= 4 is 9.84 Å². The van der Waals surface area contributed by atoms with E-state index in [2.05, 4.69) is 0 Å². The third-order valence-electron chi connectivity index (χ3n) is 4.67. The van der Waals surface area contributed by atoms with E-state index in [4.69, 9.17) is 4.74 Å². The fraction of sp³-hybridized carbons (Fsp3) is 0.600. The average molecular weight is 296 g/mol. The topological polar surface area (TPSA) is 63.6 Å². The summed E-state index contributed by atoms with van der Waals surface area (Å²) in [5, 5.41) is 10.1. The molecule has 2 atom stereocenters. The Balaban J connectivity index is 1.87. The van der Waals surface area contributed by atoms with Crippen LogP contribution in [0.3, 0.4) is 0 Å². The van der Waals surface area contributed by atoms with Gasteiger partial charge in [-0.1, -0.05) is 24.3 Å². The number of ether oxygens (including phenoxy) is 1. The Labute approximate surface area is 119 Å². The largest absolute Gasteiger partial charge is 0.385 e. The van der Waals surface area contributed by atoms with Crippen LogP contribution in [0.15, 0.2) is 24.3 Å². The van der Waals surface area contributed by atoms with Crippen LogP contribution < -0.4 is 0 Å². The minimum Gasteiger partial charge on any atom is -0.385 e. The molecule has 20 heavy (non-hydrogen) atoms. The Morgan fingerprint density at radius 2 is 1.75 bits per heavy atom. The van der Waals surface area contributed by atoms with Crippen LogP contribution in [0.5, 0.6) is 0 Å².